The number of para-hydroxylation sites is 1. The summed E-state index contributed by atoms with van der Waals surface area (Å²) in [5.41, 5.74) is 5.52. The number of halogens is 1. The molecule has 5 rings (SSSR count). The van der Waals surface area contributed by atoms with Crippen molar-refractivity contribution in [1.82, 2.24) is 9.13 Å². The largest absolute Gasteiger partial charge is 0.491 e. The second-order valence-corrected chi connectivity index (χ2v) is 12.2. The van der Waals surface area contributed by atoms with Crippen molar-refractivity contribution in [3.05, 3.63) is 107 Å². The number of ether oxygens (including phenoxy) is 2. The minimum absolute atomic E-state index is 0.114. The summed E-state index contributed by atoms with van der Waals surface area (Å²) in [5.74, 6) is 0.0394. The van der Waals surface area contributed by atoms with E-state index in [0.717, 1.165) is 32.2 Å². The number of hydrogen-bond acceptors (Lipinski definition) is 6. The average Bonchev–Trinajstić information content (AvgIpc) is 3.37. The van der Waals surface area contributed by atoms with Crippen molar-refractivity contribution in [3.63, 3.8) is 0 Å². The molecule has 0 fully saturated rings. The molecule has 212 valence electrons. The maximum Gasteiger partial charge on any atom is 0.338 e. The maximum absolute atomic E-state index is 14.3. The van der Waals surface area contributed by atoms with Gasteiger partial charge in [0.15, 0.2) is 4.80 Å². The molecule has 1 aliphatic heterocycles. The molecule has 2 aromatic carbocycles. The van der Waals surface area contributed by atoms with Crippen molar-refractivity contribution < 1.29 is 14.3 Å². The van der Waals surface area contributed by atoms with Gasteiger partial charge in [0.25, 0.3) is 5.56 Å². The summed E-state index contributed by atoms with van der Waals surface area (Å²) in [7, 11) is 1.33. The van der Waals surface area contributed by atoms with Crippen LogP contribution in [0.2, 0.25) is 0 Å². The van der Waals surface area contributed by atoms with Crippen LogP contribution in [0.4, 0.5) is 0 Å². The van der Waals surface area contributed by atoms with Crippen molar-refractivity contribution in [2.75, 3.05) is 7.11 Å². The first kappa shape index (κ1) is 28.8. The number of carbonyl (C=O) groups excluding carboxylic acids is 1. The lowest BCUT2D eigenvalue weighted by molar-refractivity contribution is -0.136. The van der Waals surface area contributed by atoms with Crippen LogP contribution in [0.1, 0.15) is 49.2 Å². The van der Waals surface area contributed by atoms with Crippen LogP contribution in [0.25, 0.3) is 17.0 Å². The number of aromatic nitrogens is 2. The van der Waals surface area contributed by atoms with Gasteiger partial charge in [0, 0.05) is 33.2 Å². The fourth-order valence-electron chi connectivity index (χ4n) is 5.49. The van der Waals surface area contributed by atoms with Gasteiger partial charge in [0.2, 0.25) is 0 Å². The highest BCUT2D eigenvalue weighted by Gasteiger charge is 2.35. The van der Waals surface area contributed by atoms with Gasteiger partial charge in [-0.1, -0.05) is 51.5 Å². The van der Waals surface area contributed by atoms with Crippen molar-refractivity contribution in [2.45, 2.75) is 53.3 Å². The van der Waals surface area contributed by atoms with E-state index in [1.807, 2.05) is 50.3 Å². The number of methoxy groups -OCH3 is 1. The Morgan fingerprint density at radius 2 is 1.98 bits per heavy atom. The number of thiazole rings is 1. The number of nitrogens with zero attached hydrogens (tertiary/aromatic N) is 3. The van der Waals surface area contributed by atoms with Gasteiger partial charge in [-0.25, -0.2) is 9.79 Å². The predicted molar refractivity (Wildman–Crippen MR) is 167 cm³/mol. The van der Waals surface area contributed by atoms with Gasteiger partial charge in [-0.15, -0.1) is 6.58 Å². The molecule has 1 atom stereocenters. The summed E-state index contributed by atoms with van der Waals surface area (Å²) in [4.78, 5) is 32.6. The summed E-state index contributed by atoms with van der Waals surface area (Å²) in [5, 5.41) is 1.07. The van der Waals surface area contributed by atoms with Gasteiger partial charge in [-0.2, -0.15) is 0 Å². The number of carbonyl (C=O) groups is 1. The number of benzene rings is 2. The molecule has 0 radical (unpaired) electrons. The van der Waals surface area contributed by atoms with Gasteiger partial charge in [-0.3, -0.25) is 9.36 Å². The van der Waals surface area contributed by atoms with Crippen LogP contribution in [0.5, 0.6) is 5.75 Å². The molecule has 9 heteroatoms. The van der Waals surface area contributed by atoms with Gasteiger partial charge in [-0.05, 0) is 64.5 Å². The first-order valence-electron chi connectivity index (χ1n) is 13.3. The Hall–Kier alpha value is -3.69. The molecule has 0 N–H and O–H groups in total. The molecule has 4 aromatic rings. The molecule has 3 heterocycles. The zero-order chi connectivity index (χ0) is 29.6. The van der Waals surface area contributed by atoms with Crippen LogP contribution in [0.3, 0.4) is 0 Å². The van der Waals surface area contributed by atoms with E-state index in [9.17, 15) is 9.59 Å². The van der Waals surface area contributed by atoms with E-state index in [4.69, 9.17) is 14.5 Å². The summed E-state index contributed by atoms with van der Waals surface area (Å²) in [6, 6.07) is 11.0. The van der Waals surface area contributed by atoms with Crippen molar-refractivity contribution in [1.29, 1.82) is 0 Å². The minimum atomic E-state index is -0.780. The van der Waals surface area contributed by atoms with E-state index in [0.29, 0.717) is 38.5 Å². The van der Waals surface area contributed by atoms with Crippen LogP contribution in [-0.4, -0.2) is 28.3 Å². The highest BCUT2D eigenvalue weighted by atomic mass is 79.9. The topological polar surface area (TPSA) is 74.8 Å². The predicted octanol–water partition coefficient (Wildman–Crippen LogP) is 5.72. The molecular weight excluding hydrogens is 602 g/mol. The lowest BCUT2D eigenvalue weighted by atomic mass is 9.95. The monoisotopic (exact) mass is 633 g/mol. The number of esters is 1. The van der Waals surface area contributed by atoms with Crippen LogP contribution in [0.15, 0.2) is 74.6 Å². The Morgan fingerprint density at radius 3 is 2.66 bits per heavy atom. The zero-order valence-corrected chi connectivity index (χ0v) is 26.4. The third-order valence-electron chi connectivity index (χ3n) is 7.24. The second-order valence-electron chi connectivity index (χ2n) is 10.3. The molecule has 1 aliphatic rings. The SMILES string of the molecule is C=CCn1c(C)c(/C=c2\sc3n(c2=O)[C@H](c2cc(Br)ccc2OC(C)C)C(C(=O)OC)=C(C)N=3)c2cccc(C)c21. The molecule has 0 amide bonds. The van der Waals surface area contributed by atoms with Gasteiger partial charge in [0.05, 0.1) is 34.5 Å². The molecule has 7 nitrogen and oxygen atoms in total. The number of fused-ring (bicyclic) bond motifs is 2. The van der Waals surface area contributed by atoms with Crippen LogP contribution < -0.4 is 19.6 Å². The van der Waals surface area contributed by atoms with E-state index >= 15 is 0 Å². The van der Waals surface area contributed by atoms with Gasteiger partial charge < -0.3 is 14.0 Å². The molecule has 0 bridgehead atoms. The first-order chi connectivity index (χ1) is 19.6. The third-order valence-corrected chi connectivity index (χ3v) is 8.71. The van der Waals surface area contributed by atoms with Crippen molar-refractivity contribution in [3.8, 4) is 5.75 Å². The summed E-state index contributed by atoms with van der Waals surface area (Å²) in [6.07, 6.45) is 3.71. The van der Waals surface area contributed by atoms with E-state index in [1.54, 1.807) is 11.5 Å². The molecule has 0 saturated heterocycles. The fourth-order valence-corrected chi connectivity index (χ4v) is 6.90. The average molecular weight is 635 g/mol. The highest BCUT2D eigenvalue weighted by Crippen LogP contribution is 2.38. The maximum atomic E-state index is 14.3. The Labute approximate surface area is 250 Å². The standard InChI is InChI=1S/C32H32BrN3O4S/c1-8-14-35-20(6)23(22-11-9-10-18(4)28(22)35)16-26-30(37)36-29(24-15-21(33)12-13-25(24)40-17(2)3)27(31(38)39-7)19(5)34-32(36)41-26/h8-13,15-17,29H,1,14H2,2-7H3/b26-16-/t29-/m1/s1. The van der Waals surface area contributed by atoms with Gasteiger partial charge >= 0.3 is 5.97 Å². The van der Waals surface area contributed by atoms with E-state index < -0.39 is 12.0 Å². The molecule has 0 unspecified atom stereocenters. The Balaban J connectivity index is 1.82. The summed E-state index contributed by atoms with van der Waals surface area (Å²) in [6.45, 7) is 14.4. The number of aryl methyl sites for hydroxylation is 1. The molecule has 0 aliphatic carbocycles. The molecule has 2 aromatic heterocycles. The molecule has 0 spiro atoms. The highest BCUT2D eigenvalue weighted by molar-refractivity contribution is 9.10. The minimum Gasteiger partial charge on any atom is -0.491 e. The number of allylic oxidation sites excluding steroid dienone is 2. The van der Waals surface area contributed by atoms with Crippen LogP contribution in [-0.2, 0) is 16.1 Å². The quantitative estimate of drug-likeness (QED) is 0.193. The van der Waals surface area contributed by atoms with Crippen LogP contribution in [0, 0.1) is 13.8 Å². The lowest BCUT2D eigenvalue weighted by Crippen LogP contribution is -2.40. The Kier molecular flexibility index (Phi) is 7.94. The van der Waals surface area contributed by atoms with E-state index in [-0.39, 0.29) is 11.7 Å². The second kappa shape index (κ2) is 11.3. The molecular formula is C32H32BrN3O4S. The zero-order valence-electron chi connectivity index (χ0n) is 23.9. The summed E-state index contributed by atoms with van der Waals surface area (Å²) < 4.78 is 16.5. The van der Waals surface area contributed by atoms with E-state index in [1.165, 1.54) is 18.4 Å². The smallest absolute Gasteiger partial charge is 0.338 e. The van der Waals surface area contributed by atoms with E-state index in [2.05, 4.69) is 53.1 Å². The third kappa shape index (κ3) is 5.02. The lowest BCUT2D eigenvalue weighted by Gasteiger charge is -2.26. The van der Waals surface area contributed by atoms with Crippen LogP contribution >= 0.6 is 27.3 Å². The van der Waals surface area contributed by atoms with Gasteiger partial charge in [0.1, 0.15) is 11.8 Å². The van der Waals surface area contributed by atoms with Crippen molar-refractivity contribution in [2.24, 2.45) is 4.99 Å². The summed E-state index contributed by atoms with van der Waals surface area (Å²) >= 11 is 4.87. The first-order valence-corrected chi connectivity index (χ1v) is 14.9. The normalized spacial score (nSPS) is 15.3. The number of rotatable bonds is 7. The molecule has 41 heavy (non-hydrogen) atoms. The molecule has 0 saturated carbocycles. The Morgan fingerprint density at radius 1 is 1.22 bits per heavy atom. The number of hydrogen-bond donors (Lipinski definition) is 0. The van der Waals surface area contributed by atoms with Crippen molar-refractivity contribution >= 4 is 50.2 Å². The fraction of sp³-hybridized carbons (Fsp3) is 0.281. The Bertz CT molecular complexity index is 1930.